The maximum absolute atomic E-state index is 5.65. The number of nitrogens with one attached hydrogen (secondary N) is 1. The van der Waals surface area contributed by atoms with Crippen molar-refractivity contribution in [2.75, 3.05) is 5.43 Å². The summed E-state index contributed by atoms with van der Waals surface area (Å²) in [5, 5.41) is 1.04. The monoisotopic (exact) mass is 304 g/mol. The van der Waals surface area contributed by atoms with Gasteiger partial charge in [0.05, 0.1) is 5.39 Å². The van der Waals surface area contributed by atoms with Gasteiger partial charge in [-0.1, -0.05) is 13.8 Å². The summed E-state index contributed by atoms with van der Waals surface area (Å²) in [7, 11) is 0. The van der Waals surface area contributed by atoms with Crippen molar-refractivity contribution >= 4 is 27.4 Å². The highest BCUT2D eigenvalue weighted by Crippen LogP contribution is 2.39. The van der Waals surface area contributed by atoms with Crippen LogP contribution < -0.4 is 11.3 Å². The normalized spacial score (nSPS) is 22.9. The van der Waals surface area contributed by atoms with Crippen LogP contribution in [0, 0.1) is 18.8 Å². The molecule has 0 unspecified atom stereocenters. The van der Waals surface area contributed by atoms with Crippen LogP contribution in [0.5, 0.6) is 0 Å². The number of nitrogens with two attached hydrogens (primary N) is 1. The highest BCUT2D eigenvalue weighted by atomic mass is 32.1. The van der Waals surface area contributed by atoms with Crippen LogP contribution in [0.3, 0.4) is 0 Å². The second-order valence-electron chi connectivity index (χ2n) is 6.51. The van der Waals surface area contributed by atoms with Gasteiger partial charge in [0.1, 0.15) is 10.7 Å². The van der Waals surface area contributed by atoms with Crippen molar-refractivity contribution in [2.45, 2.75) is 52.4 Å². The molecule has 1 aliphatic rings. The lowest BCUT2D eigenvalue weighted by Gasteiger charge is -2.30. The van der Waals surface area contributed by atoms with Crippen molar-refractivity contribution in [3.63, 3.8) is 0 Å². The summed E-state index contributed by atoms with van der Waals surface area (Å²) < 4.78 is 0. The first-order chi connectivity index (χ1) is 10.1. The van der Waals surface area contributed by atoms with Crippen LogP contribution in [0.15, 0.2) is 6.07 Å². The molecule has 0 aliphatic heterocycles. The molecule has 0 atom stereocenters. The number of aryl methyl sites for hydroxylation is 1. The Hall–Kier alpha value is -1.20. The topological polar surface area (TPSA) is 63.8 Å². The SMILES string of the molecule is Cc1cc2c(NN)nc(C3CCC(C(C)C)CC3)nc2s1. The van der Waals surface area contributed by atoms with Crippen molar-refractivity contribution in [3.05, 3.63) is 16.8 Å². The van der Waals surface area contributed by atoms with E-state index in [4.69, 9.17) is 10.8 Å². The molecule has 2 aromatic heterocycles. The molecule has 0 amide bonds. The molecule has 3 rings (SSSR count). The van der Waals surface area contributed by atoms with Crippen LogP contribution in [0.2, 0.25) is 0 Å². The third-order valence-corrected chi connectivity index (χ3v) is 5.69. The Morgan fingerprint density at radius 3 is 2.57 bits per heavy atom. The van der Waals surface area contributed by atoms with E-state index in [-0.39, 0.29) is 0 Å². The van der Waals surface area contributed by atoms with Gasteiger partial charge in [-0.05, 0) is 50.5 Å². The van der Waals surface area contributed by atoms with Gasteiger partial charge >= 0.3 is 0 Å². The van der Waals surface area contributed by atoms with Gasteiger partial charge in [-0.2, -0.15) is 0 Å². The molecular formula is C16H24N4S. The fourth-order valence-corrected chi connectivity index (χ4v) is 4.28. The smallest absolute Gasteiger partial charge is 0.152 e. The van der Waals surface area contributed by atoms with Crippen LogP contribution in [0.1, 0.15) is 56.2 Å². The molecule has 1 fully saturated rings. The number of thiophene rings is 1. The highest BCUT2D eigenvalue weighted by Gasteiger charge is 2.26. The van der Waals surface area contributed by atoms with Crippen LogP contribution >= 0.6 is 11.3 Å². The number of hydrogen-bond donors (Lipinski definition) is 2. The summed E-state index contributed by atoms with van der Waals surface area (Å²) in [4.78, 5) is 11.8. The number of hydrogen-bond acceptors (Lipinski definition) is 5. The first kappa shape index (κ1) is 14.7. The van der Waals surface area contributed by atoms with E-state index in [2.05, 4.69) is 37.2 Å². The molecule has 3 N–H and O–H groups in total. The molecule has 4 nitrogen and oxygen atoms in total. The second-order valence-corrected chi connectivity index (χ2v) is 7.74. The number of nitrogen functional groups attached to an aromatic ring is 1. The number of aromatic nitrogens is 2. The molecule has 1 aliphatic carbocycles. The van der Waals surface area contributed by atoms with Gasteiger partial charge in [0.15, 0.2) is 5.82 Å². The minimum Gasteiger partial charge on any atom is -0.308 e. The van der Waals surface area contributed by atoms with Crippen LogP contribution in [0.25, 0.3) is 10.2 Å². The number of hydrazine groups is 1. The Morgan fingerprint density at radius 2 is 1.95 bits per heavy atom. The van der Waals surface area contributed by atoms with Crippen LogP contribution in [0.4, 0.5) is 5.82 Å². The highest BCUT2D eigenvalue weighted by molar-refractivity contribution is 7.18. The Kier molecular flexibility index (Phi) is 4.13. The van der Waals surface area contributed by atoms with E-state index >= 15 is 0 Å². The lowest BCUT2D eigenvalue weighted by atomic mass is 9.77. The van der Waals surface area contributed by atoms with Gasteiger partial charge in [-0.3, -0.25) is 0 Å². The summed E-state index contributed by atoms with van der Waals surface area (Å²) in [5.74, 6) is 9.53. The summed E-state index contributed by atoms with van der Waals surface area (Å²) in [6.45, 7) is 6.76. The van der Waals surface area contributed by atoms with Gasteiger partial charge in [0.2, 0.25) is 0 Å². The molecule has 1 saturated carbocycles. The van der Waals surface area contributed by atoms with E-state index in [9.17, 15) is 0 Å². The van der Waals surface area contributed by atoms with Gasteiger partial charge in [0.25, 0.3) is 0 Å². The van der Waals surface area contributed by atoms with Crippen molar-refractivity contribution in [2.24, 2.45) is 17.7 Å². The zero-order valence-corrected chi connectivity index (χ0v) is 13.8. The Balaban J connectivity index is 1.87. The van der Waals surface area contributed by atoms with E-state index in [0.29, 0.717) is 5.92 Å². The molecule has 114 valence electrons. The van der Waals surface area contributed by atoms with Gasteiger partial charge in [-0.25, -0.2) is 15.8 Å². The summed E-state index contributed by atoms with van der Waals surface area (Å²) in [6, 6.07) is 2.11. The largest absolute Gasteiger partial charge is 0.308 e. The van der Waals surface area contributed by atoms with Gasteiger partial charge < -0.3 is 5.43 Å². The second kappa shape index (κ2) is 5.89. The molecule has 0 saturated heterocycles. The average molecular weight is 304 g/mol. The van der Waals surface area contributed by atoms with Crippen molar-refractivity contribution < 1.29 is 0 Å². The molecule has 21 heavy (non-hydrogen) atoms. The number of rotatable bonds is 3. The average Bonchev–Trinajstić information content (AvgIpc) is 2.86. The van der Waals surface area contributed by atoms with E-state index < -0.39 is 0 Å². The summed E-state index contributed by atoms with van der Waals surface area (Å²) >= 11 is 1.72. The predicted octanol–water partition coefficient (Wildman–Crippen LogP) is 4.22. The van der Waals surface area contributed by atoms with Crippen LogP contribution in [-0.4, -0.2) is 9.97 Å². The number of anilines is 1. The molecule has 5 heteroatoms. The lowest BCUT2D eigenvalue weighted by molar-refractivity contribution is 0.255. The number of fused-ring (bicyclic) bond motifs is 1. The van der Waals surface area contributed by atoms with E-state index in [0.717, 1.165) is 33.7 Å². The van der Waals surface area contributed by atoms with Crippen molar-refractivity contribution in [1.29, 1.82) is 0 Å². The minimum atomic E-state index is 0.485. The zero-order chi connectivity index (χ0) is 15.0. The quantitative estimate of drug-likeness (QED) is 0.658. The Bertz CT molecular complexity index is 626. The third-order valence-electron chi connectivity index (χ3n) is 4.75. The zero-order valence-electron chi connectivity index (χ0n) is 13.0. The van der Waals surface area contributed by atoms with Crippen molar-refractivity contribution in [1.82, 2.24) is 9.97 Å². The third kappa shape index (κ3) is 2.90. The van der Waals surface area contributed by atoms with E-state index in [1.165, 1.54) is 30.6 Å². The standard InChI is InChI=1S/C16H24N4S/c1-9(2)11-4-6-12(7-5-11)14-18-15(20-17)13-8-10(3)21-16(13)19-14/h8-9,11-12H,4-7,17H2,1-3H3,(H,18,19,20). The lowest BCUT2D eigenvalue weighted by Crippen LogP contribution is -2.19. The molecule has 0 aromatic carbocycles. The molecule has 2 aromatic rings. The molecule has 0 bridgehead atoms. The first-order valence-electron chi connectivity index (χ1n) is 7.83. The fourth-order valence-electron chi connectivity index (χ4n) is 3.40. The number of nitrogens with zero attached hydrogens (tertiary/aromatic N) is 2. The van der Waals surface area contributed by atoms with Crippen LogP contribution in [-0.2, 0) is 0 Å². The maximum atomic E-state index is 5.65. The molecule has 0 radical (unpaired) electrons. The minimum absolute atomic E-state index is 0.485. The molecule has 2 heterocycles. The molecular weight excluding hydrogens is 280 g/mol. The Labute approximate surface area is 130 Å². The van der Waals surface area contributed by atoms with Gasteiger partial charge in [-0.15, -0.1) is 11.3 Å². The summed E-state index contributed by atoms with van der Waals surface area (Å²) in [6.07, 6.45) is 4.97. The van der Waals surface area contributed by atoms with E-state index in [1.807, 2.05) is 0 Å². The van der Waals surface area contributed by atoms with Gasteiger partial charge in [0, 0.05) is 10.8 Å². The summed E-state index contributed by atoms with van der Waals surface area (Å²) in [5.41, 5.74) is 2.75. The van der Waals surface area contributed by atoms with E-state index in [1.54, 1.807) is 11.3 Å². The first-order valence-corrected chi connectivity index (χ1v) is 8.64. The van der Waals surface area contributed by atoms with Crippen molar-refractivity contribution in [3.8, 4) is 0 Å². The maximum Gasteiger partial charge on any atom is 0.152 e. The molecule has 0 spiro atoms. The predicted molar refractivity (Wildman–Crippen MR) is 89.5 cm³/mol. The Morgan fingerprint density at radius 1 is 1.24 bits per heavy atom. The fraction of sp³-hybridized carbons (Fsp3) is 0.625.